The van der Waals surface area contributed by atoms with Crippen molar-refractivity contribution < 1.29 is 17.9 Å². The number of carbonyl (C=O) groups is 1. The molecule has 0 spiro atoms. The van der Waals surface area contributed by atoms with Crippen molar-refractivity contribution in [3.63, 3.8) is 0 Å². The van der Waals surface area contributed by atoms with Crippen LogP contribution in [0.5, 0.6) is 5.75 Å². The summed E-state index contributed by atoms with van der Waals surface area (Å²) < 4.78 is 33.3. The molecule has 30 heavy (non-hydrogen) atoms. The third-order valence-electron chi connectivity index (χ3n) is 5.32. The van der Waals surface area contributed by atoms with Gasteiger partial charge in [-0.25, -0.2) is 8.42 Å². The molecule has 0 aliphatic carbocycles. The molecule has 1 unspecified atom stereocenters. The van der Waals surface area contributed by atoms with Crippen LogP contribution in [0.15, 0.2) is 59.5 Å². The van der Waals surface area contributed by atoms with Gasteiger partial charge in [-0.3, -0.25) is 4.79 Å². The van der Waals surface area contributed by atoms with Crippen LogP contribution >= 0.6 is 0 Å². The second-order valence-electron chi connectivity index (χ2n) is 7.42. The Morgan fingerprint density at radius 2 is 1.73 bits per heavy atom. The van der Waals surface area contributed by atoms with E-state index in [0.717, 1.165) is 18.7 Å². The third kappa shape index (κ3) is 5.38. The molecule has 0 aromatic heterocycles. The Bertz CT molecular complexity index is 927. The van der Waals surface area contributed by atoms with Crippen molar-refractivity contribution in [2.24, 2.45) is 0 Å². The second-order valence-corrected chi connectivity index (χ2v) is 9.35. The molecule has 1 heterocycles. The van der Waals surface area contributed by atoms with E-state index in [0.29, 0.717) is 18.8 Å². The lowest BCUT2D eigenvalue weighted by molar-refractivity contribution is -0.132. The maximum atomic E-state index is 13.4. The van der Waals surface area contributed by atoms with Gasteiger partial charge in [-0.15, -0.1) is 0 Å². The molecule has 1 N–H and O–H groups in total. The summed E-state index contributed by atoms with van der Waals surface area (Å²) in [6, 6.07) is 16.0. The Kier molecular flexibility index (Phi) is 7.47. The summed E-state index contributed by atoms with van der Waals surface area (Å²) in [6.45, 7) is 4.63. The van der Waals surface area contributed by atoms with Crippen LogP contribution in [-0.2, 0) is 14.8 Å². The number of ether oxygens (including phenoxy) is 1. The highest BCUT2D eigenvalue weighted by Gasteiger charge is 2.30. The lowest BCUT2D eigenvalue weighted by Crippen LogP contribution is -2.50. The molecule has 0 radical (unpaired) electrons. The Labute approximate surface area is 178 Å². The minimum absolute atomic E-state index is 0.0601. The van der Waals surface area contributed by atoms with Crippen LogP contribution in [0.2, 0.25) is 0 Å². The zero-order valence-electron chi connectivity index (χ0n) is 17.5. The summed E-state index contributed by atoms with van der Waals surface area (Å²) >= 11 is 0. The first-order valence-electron chi connectivity index (χ1n) is 10.1. The van der Waals surface area contributed by atoms with Gasteiger partial charge in [0.25, 0.3) is 0 Å². The fourth-order valence-corrected chi connectivity index (χ4v) is 4.98. The van der Waals surface area contributed by atoms with E-state index in [2.05, 4.69) is 5.32 Å². The first-order chi connectivity index (χ1) is 14.4. The Morgan fingerprint density at radius 3 is 2.33 bits per heavy atom. The van der Waals surface area contributed by atoms with Crippen molar-refractivity contribution in [3.8, 4) is 5.75 Å². The number of sulfonamides is 1. The molecule has 2 aromatic rings. The van der Waals surface area contributed by atoms with E-state index in [9.17, 15) is 13.2 Å². The van der Waals surface area contributed by atoms with Crippen molar-refractivity contribution in [3.05, 3.63) is 60.2 Å². The van der Waals surface area contributed by atoms with Gasteiger partial charge in [0.15, 0.2) is 0 Å². The van der Waals surface area contributed by atoms with Crippen LogP contribution < -0.4 is 10.1 Å². The van der Waals surface area contributed by atoms with Gasteiger partial charge >= 0.3 is 0 Å². The Balaban J connectivity index is 1.85. The fraction of sp³-hybridized carbons (Fsp3) is 0.409. The van der Waals surface area contributed by atoms with Gasteiger partial charge in [0.05, 0.1) is 18.6 Å². The quantitative estimate of drug-likeness (QED) is 0.691. The molecule has 2 aromatic carbocycles. The first-order valence-corrected chi connectivity index (χ1v) is 11.5. The van der Waals surface area contributed by atoms with Crippen molar-refractivity contribution in [1.29, 1.82) is 0 Å². The van der Waals surface area contributed by atoms with Crippen LogP contribution in [0.3, 0.4) is 0 Å². The number of nitrogens with zero attached hydrogens (tertiary/aromatic N) is 2. The number of hydrogen-bond donors (Lipinski definition) is 1. The topological polar surface area (TPSA) is 79.0 Å². The van der Waals surface area contributed by atoms with E-state index in [1.165, 1.54) is 23.5 Å². The second kappa shape index (κ2) is 10.1. The zero-order valence-corrected chi connectivity index (χ0v) is 18.3. The Morgan fingerprint density at radius 1 is 1.10 bits per heavy atom. The summed E-state index contributed by atoms with van der Waals surface area (Å²) in [6.07, 6.45) is 0. The van der Waals surface area contributed by atoms with Crippen LogP contribution in [0.4, 0.5) is 0 Å². The number of hydrogen-bond acceptors (Lipinski definition) is 5. The number of rotatable bonds is 8. The van der Waals surface area contributed by atoms with Crippen molar-refractivity contribution >= 4 is 15.9 Å². The van der Waals surface area contributed by atoms with Crippen molar-refractivity contribution in [2.45, 2.75) is 17.7 Å². The van der Waals surface area contributed by atoms with Gasteiger partial charge in [0.2, 0.25) is 15.9 Å². The maximum absolute atomic E-state index is 13.4. The lowest BCUT2D eigenvalue weighted by atomic mass is 10.0. The number of benzene rings is 2. The number of carbonyl (C=O) groups excluding carboxylic acids is 1. The van der Waals surface area contributed by atoms with Crippen molar-refractivity contribution in [2.75, 3.05) is 46.4 Å². The summed E-state index contributed by atoms with van der Waals surface area (Å²) in [5.74, 6) is 0.346. The molecular formula is C22H29N3O4S. The van der Waals surface area contributed by atoms with E-state index in [4.69, 9.17) is 4.74 Å². The molecule has 7 nitrogen and oxygen atoms in total. The average Bonchev–Trinajstić information content (AvgIpc) is 2.79. The summed E-state index contributed by atoms with van der Waals surface area (Å²) in [5, 5.41) is 3.21. The third-order valence-corrected chi connectivity index (χ3v) is 7.15. The number of methoxy groups -OCH3 is 1. The SMILES string of the molecule is COc1ccc(S(=O)(=O)N(CC(=O)N2CCNCC2)CC(C)c2ccccc2)cc1. The largest absolute Gasteiger partial charge is 0.497 e. The molecule has 1 saturated heterocycles. The van der Waals surface area contributed by atoms with Gasteiger partial charge in [0, 0.05) is 32.7 Å². The number of amides is 1. The van der Waals surface area contributed by atoms with E-state index >= 15 is 0 Å². The van der Waals surface area contributed by atoms with Gasteiger partial charge < -0.3 is 15.0 Å². The molecule has 0 bridgehead atoms. The highest BCUT2D eigenvalue weighted by molar-refractivity contribution is 7.89. The Hall–Kier alpha value is -2.42. The highest BCUT2D eigenvalue weighted by Crippen LogP contribution is 2.23. The van der Waals surface area contributed by atoms with Crippen LogP contribution in [-0.4, -0.2) is 69.9 Å². The molecule has 8 heteroatoms. The summed E-state index contributed by atoms with van der Waals surface area (Å²) in [4.78, 5) is 14.7. The average molecular weight is 432 g/mol. The predicted molar refractivity (Wildman–Crippen MR) is 116 cm³/mol. The van der Waals surface area contributed by atoms with E-state index in [1.807, 2.05) is 37.3 Å². The van der Waals surface area contributed by atoms with E-state index in [-0.39, 0.29) is 29.8 Å². The standard InChI is InChI=1S/C22H29N3O4S/c1-18(19-6-4-3-5-7-19)16-25(17-22(26)24-14-12-23-13-15-24)30(27,28)21-10-8-20(29-2)9-11-21/h3-11,18,23H,12-17H2,1-2H3. The van der Waals surface area contributed by atoms with E-state index in [1.54, 1.807) is 17.0 Å². The van der Waals surface area contributed by atoms with Gasteiger partial charge in [-0.2, -0.15) is 4.31 Å². The lowest BCUT2D eigenvalue weighted by Gasteiger charge is -2.31. The molecular weight excluding hydrogens is 402 g/mol. The molecule has 162 valence electrons. The monoisotopic (exact) mass is 431 g/mol. The predicted octanol–water partition coefficient (Wildman–Crippen LogP) is 1.92. The van der Waals surface area contributed by atoms with Gasteiger partial charge in [0.1, 0.15) is 5.75 Å². The van der Waals surface area contributed by atoms with Crippen molar-refractivity contribution in [1.82, 2.24) is 14.5 Å². The van der Waals surface area contributed by atoms with Crippen LogP contribution in [0.25, 0.3) is 0 Å². The van der Waals surface area contributed by atoms with Crippen LogP contribution in [0, 0.1) is 0 Å². The summed E-state index contributed by atoms with van der Waals surface area (Å²) in [7, 11) is -2.32. The molecule has 1 atom stereocenters. The molecule has 1 aliphatic heterocycles. The smallest absolute Gasteiger partial charge is 0.243 e. The number of piperazine rings is 1. The van der Waals surface area contributed by atoms with Crippen LogP contribution in [0.1, 0.15) is 18.4 Å². The molecule has 0 saturated carbocycles. The molecule has 1 amide bonds. The normalized spacial score (nSPS) is 15.8. The molecule has 3 rings (SSSR count). The summed E-state index contributed by atoms with van der Waals surface area (Å²) in [5.41, 5.74) is 1.03. The minimum atomic E-state index is -3.85. The number of nitrogens with one attached hydrogen (secondary N) is 1. The highest BCUT2D eigenvalue weighted by atomic mass is 32.2. The van der Waals surface area contributed by atoms with E-state index < -0.39 is 10.0 Å². The first kappa shape index (κ1) is 22.3. The zero-order chi connectivity index (χ0) is 21.6. The van der Waals surface area contributed by atoms with Gasteiger partial charge in [-0.05, 0) is 35.7 Å². The molecule has 1 aliphatic rings. The minimum Gasteiger partial charge on any atom is -0.497 e. The molecule has 1 fully saturated rings. The maximum Gasteiger partial charge on any atom is 0.243 e. The fourth-order valence-electron chi connectivity index (χ4n) is 3.50. The van der Waals surface area contributed by atoms with Gasteiger partial charge in [-0.1, -0.05) is 37.3 Å².